The highest BCUT2D eigenvalue weighted by atomic mass is 16.5. The van der Waals surface area contributed by atoms with Gasteiger partial charge < -0.3 is 15.2 Å². The van der Waals surface area contributed by atoms with Gasteiger partial charge in [-0.1, -0.05) is 0 Å². The first kappa shape index (κ1) is 12.2. The van der Waals surface area contributed by atoms with Crippen LogP contribution in [0.2, 0.25) is 0 Å². The highest BCUT2D eigenvalue weighted by molar-refractivity contribution is 5.53. The molecule has 18 heavy (non-hydrogen) atoms. The topological polar surface area (TPSA) is 54.4 Å². The zero-order valence-corrected chi connectivity index (χ0v) is 10.5. The van der Waals surface area contributed by atoms with Crippen molar-refractivity contribution in [1.82, 2.24) is 4.98 Å². The number of aromatic hydroxyl groups is 1. The van der Waals surface area contributed by atoms with Crippen LogP contribution in [0, 0.1) is 6.92 Å². The Kier molecular flexibility index (Phi) is 3.67. The summed E-state index contributed by atoms with van der Waals surface area (Å²) in [5.41, 5.74) is 3.04. The van der Waals surface area contributed by atoms with Crippen LogP contribution in [0.1, 0.15) is 11.3 Å². The van der Waals surface area contributed by atoms with Gasteiger partial charge in [-0.2, -0.15) is 0 Å². The minimum Gasteiger partial charge on any atom is -0.506 e. The fourth-order valence-corrected chi connectivity index (χ4v) is 1.67. The molecule has 1 heterocycles. The van der Waals surface area contributed by atoms with Crippen LogP contribution >= 0.6 is 0 Å². The maximum Gasteiger partial charge on any atom is 0.133 e. The molecule has 0 saturated heterocycles. The van der Waals surface area contributed by atoms with Crippen molar-refractivity contribution in [2.24, 2.45) is 0 Å². The van der Waals surface area contributed by atoms with Crippen LogP contribution < -0.4 is 10.1 Å². The van der Waals surface area contributed by atoms with Crippen molar-refractivity contribution in [3.05, 3.63) is 47.8 Å². The van der Waals surface area contributed by atoms with E-state index in [1.807, 2.05) is 25.1 Å². The van der Waals surface area contributed by atoms with Crippen LogP contribution in [-0.2, 0) is 6.54 Å². The Bertz CT molecular complexity index is 524. The van der Waals surface area contributed by atoms with Crippen molar-refractivity contribution in [3.63, 3.8) is 0 Å². The van der Waals surface area contributed by atoms with Gasteiger partial charge in [0.05, 0.1) is 25.5 Å². The third kappa shape index (κ3) is 2.91. The van der Waals surface area contributed by atoms with Gasteiger partial charge in [-0.15, -0.1) is 0 Å². The lowest BCUT2D eigenvalue weighted by Crippen LogP contribution is -2.02. The summed E-state index contributed by atoms with van der Waals surface area (Å²) in [4.78, 5) is 4.12. The highest BCUT2D eigenvalue weighted by Gasteiger charge is 2.01. The molecule has 0 aliphatic heterocycles. The second-order valence-electron chi connectivity index (χ2n) is 4.04. The smallest absolute Gasteiger partial charge is 0.133 e. The SMILES string of the molecule is COc1ccc(NCc2ccc(O)cn2)c(C)c1. The van der Waals surface area contributed by atoms with Crippen molar-refractivity contribution in [1.29, 1.82) is 0 Å². The Hall–Kier alpha value is -2.23. The number of rotatable bonds is 4. The molecule has 0 aliphatic rings. The number of aryl methyl sites for hydroxylation is 1. The van der Waals surface area contributed by atoms with E-state index in [9.17, 15) is 0 Å². The predicted octanol–water partition coefficient (Wildman–Crippen LogP) is 2.72. The fraction of sp³-hybridized carbons (Fsp3) is 0.214. The first-order valence-corrected chi connectivity index (χ1v) is 5.71. The van der Waals surface area contributed by atoms with Gasteiger partial charge in [-0.25, -0.2) is 0 Å². The lowest BCUT2D eigenvalue weighted by atomic mass is 10.2. The van der Waals surface area contributed by atoms with E-state index in [1.54, 1.807) is 19.2 Å². The summed E-state index contributed by atoms with van der Waals surface area (Å²) in [6.45, 7) is 2.64. The first-order valence-electron chi connectivity index (χ1n) is 5.71. The number of hydrogen-bond acceptors (Lipinski definition) is 4. The van der Waals surface area contributed by atoms with Gasteiger partial charge in [-0.05, 0) is 42.8 Å². The second kappa shape index (κ2) is 5.40. The van der Waals surface area contributed by atoms with Crippen molar-refractivity contribution < 1.29 is 9.84 Å². The molecule has 4 heteroatoms. The van der Waals surface area contributed by atoms with Crippen LogP contribution in [-0.4, -0.2) is 17.2 Å². The summed E-state index contributed by atoms with van der Waals surface area (Å²) < 4.78 is 5.16. The van der Waals surface area contributed by atoms with Gasteiger partial charge >= 0.3 is 0 Å². The average molecular weight is 244 g/mol. The third-order valence-corrected chi connectivity index (χ3v) is 2.70. The van der Waals surface area contributed by atoms with Crippen LogP contribution in [0.3, 0.4) is 0 Å². The Morgan fingerprint density at radius 2 is 2.11 bits per heavy atom. The zero-order valence-electron chi connectivity index (χ0n) is 10.5. The maximum atomic E-state index is 9.15. The molecule has 0 amide bonds. The Balaban J connectivity index is 2.04. The minimum absolute atomic E-state index is 0.180. The summed E-state index contributed by atoms with van der Waals surface area (Å²) in [6, 6.07) is 9.30. The largest absolute Gasteiger partial charge is 0.506 e. The van der Waals surface area contributed by atoms with E-state index < -0.39 is 0 Å². The van der Waals surface area contributed by atoms with E-state index in [-0.39, 0.29) is 5.75 Å². The average Bonchev–Trinajstić information content (AvgIpc) is 2.39. The lowest BCUT2D eigenvalue weighted by Gasteiger charge is -2.10. The van der Waals surface area contributed by atoms with Crippen molar-refractivity contribution in [2.75, 3.05) is 12.4 Å². The van der Waals surface area contributed by atoms with Crippen LogP contribution in [0.15, 0.2) is 36.5 Å². The molecule has 1 aromatic carbocycles. The van der Waals surface area contributed by atoms with Gasteiger partial charge in [0.1, 0.15) is 11.5 Å². The van der Waals surface area contributed by atoms with Crippen molar-refractivity contribution >= 4 is 5.69 Å². The maximum absolute atomic E-state index is 9.15. The highest BCUT2D eigenvalue weighted by Crippen LogP contribution is 2.21. The molecule has 2 aromatic rings. The molecule has 0 aliphatic carbocycles. The molecule has 1 aromatic heterocycles. The molecule has 94 valence electrons. The number of ether oxygens (including phenoxy) is 1. The number of benzene rings is 1. The van der Waals surface area contributed by atoms with Crippen LogP contribution in [0.4, 0.5) is 5.69 Å². The number of pyridine rings is 1. The standard InChI is InChI=1S/C14H16N2O2/c1-10-7-13(18-2)5-6-14(10)16-8-11-3-4-12(17)9-15-11/h3-7,9,16-17H,8H2,1-2H3. The lowest BCUT2D eigenvalue weighted by molar-refractivity contribution is 0.414. The van der Waals surface area contributed by atoms with Crippen LogP contribution in [0.5, 0.6) is 11.5 Å². The molecular weight excluding hydrogens is 228 g/mol. The summed E-state index contributed by atoms with van der Waals surface area (Å²) in [6.07, 6.45) is 1.44. The van der Waals surface area contributed by atoms with E-state index in [2.05, 4.69) is 10.3 Å². The molecule has 0 radical (unpaired) electrons. The molecule has 2 rings (SSSR count). The van der Waals surface area contributed by atoms with E-state index in [0.717, 1.165) is 22.7 Å². The summed E-state index contributed by atoms with van der Waals surface area (Å²) in [7, 11) is 1.65. The van der Waals surface area contributed by atoms with Gasteiger partial charge in [0.2, 0.25) is 0 Å². The third-order valence-electron chi connectivity index (χ3n) is 2.70. The number of nitrogens with one attached hydrogen (secondary N) is 1. The van der Waals surface area contributed by atoms with Gasteiger partial charge in [0, 0.05) is 5.69 Å². The molecule has 0 saturated carbocycles. The number of nitrogens with zero attached hydrogens (tertiary/aromatic N) is 1. The van der Waals surface area contributed by atoms with E-state index in [4.69, 9.17) is 9.84 Å². The molecular formula is C14H16N2O2. The second-order valence-corrected chi connectivity index (χ2v) is 4.04. The summed E-state index contributed by atoms with van der Waals surface area (Å²) >= 11 is 0. The summed E-state index contributed by atoms with van der Waals surface area (Å²) in [5.74, 6) is 1.03. The van der Waals surface area contributed by atoms with Crippen molar-refractivity contribution in [3.8, 4) is 11.5 Å². The van der Waals surface area contributed by atoms with E-state index >= 15 is 0 Å². The molecule has 0 atom stereocenters. The monoisotopic (exact) mass is 244 g/mol. The van der Waals surface area contributed by atoms with Crippen LogP contribution in [0.25, 0.3) is 0 Å². The normalized spacial score (nSPS) is 10.1. The zero-order chi connectivity index (χ0) is 13.0. The van der Waals surface area contributed by atoms with E-state index in [1.165, 1.54) is 6.20 Å². The molecule has 0 unspecified atom stereocenters. The minimum atomic E-state index is 0.180. The summed E-state index contributed by atoms with van der Waals surface area (Å²) in [5, 5.41) is 12.4. The predicted molar refractivity (Wildman–Crippen MR) is 71.0 cm³/mol. The Morgan fingerprint density at radius 3 is 2.72 bits per heavy atom. The molecule has 0 spiro atoms. The number of anilines is 1. The number of methoxy groups -OCH3 is 1. The Morgan fingerprint density at radius 1 is 1.28 bits per heavy atom. The Labute approximate surface area is 106 Å². The molecule has 0 bridgehead atoms. The van der Waals surface area contributed by atoms with Gasteiger partial charge in [0.25, 0.3) is 0 Å². The molecule has 4 nitrogen and oxygen atoms in total. The first-order chi connectivity index (χ1) is 8.69. The van der Waals surface area contributed by atoms with Crippen molar-refractivity contribution in [2.45, 2.75) is 13.5 Å². The molecule has 0 fully saturated rings. The van der Waals surface area contributed by atoms with Gasteiger partial charge in [0.15, 0.2) is 0 Å². The molecule has 2 N–H and O–H groups in total. The fourth-order valence-electron chi connectivity index (χ4n) is 1.67. The number of aromatic nitrogens is 1. The quantitative estimate of drug-likeness (QED) is 0.868. The van der Waals surface area contributed by atoms with E-state index in [0.29, 0.717) is 6.54 Å². The number of hydrogen-bond donors (Lipinski definition) is 2. The van der Waals surface area contributed by atoms with Gasteiger partial charge in [-0.3, -0.25) is 4.98 Å².